The lowest BCUT2D eigenvalue weighted by atomic mass is 10.1. The number of unbranched alkanes of at least 4 members (excludes halogenated alkanes) is 12. The van der Waals surface area contributed by atoms with Crippen molar-refractivity contribution in [1.82, 2.24) is 0 Å². The molecule has 0 radical (unpaired) electrons. The van der Waals surface area contributed by atoms with E-state index >= 15 is 0 Å². The van der Waals surface area contributed by atoms with Crippen molar-refractivity contribution in [3.05, 3.63) is 109 Å². The quantitative estimate of drug-likeness (QED) is 0.0264. The third-order valence-electron chi connectivity index (χ3n) is 9.49. The summed E-state index contributed by atoms with van der Waals surface area (Å²) < 4.78 is 16.5. The Morgan fingerprint density at radius 1 is 0.350 bits per heavy atom. The van der Waals surface area contributed by atoms with Gasteiger partial charge in [-0.05, 0) is 103 Å². The molecule has 0 aliphatic heterocycles. The molecule has 0 spiro atoms. The van der Waals surface area contributed by atoms with Crippen molar-refractivity contribution in [3.8, 4) is 0 Å². The highest BCUT2D eigenvalue weighted by molar-refractivity contribution is 5.71. The third kappa shape index (κ3) is 45.2. The lowest BCUT2D eigenvalue weighted by molar-refractivity contribution is -0.167. The second-order valence-electron chi connectivity index (χ2n) is 15.3. The van der Waals surface area contributed by atoms with Gasteiger partial charge in [-0.3, -0.25) is 14.4 Å². The SMILES string of the molecule is CC/C=C\C/C=C\C/C=C\C/C=C\C/C=C\C/C=C\C/C=C\C/C=C\CCCCC(=O)OCC(COC(=O)CCCCCCC)OC(=O)CCCCCCC/C=C\CCC. The molecule has 0 saturated heterocycles. The van der Waals surface area contributed by atoms with E-state index in [1.165, 1.54) is 12.8 Å². The van der Waals surface area contributed by atoms with Gasteiger partial charge in [-0.2, -0.15) is 0 Å². The van der Waals surface area contributed by atoms with Gasteiger partial charge in [-0.15, -0.1) is 0 Å². The predicted octanol–water partition coefficient (Wildman–Crippen LogP) is 15.6. The summed E-state index contributed by atoms with van der Waals surface area (Å²) in [5.74, 6) is -0.981. The monoisotopic (exact) mass is 831 g/mol. The summed E-state index contributed by atoms with van der Waals surface area (Å²) in [6.07, 6.45) is 64.1. The van der Waals surface area contributed by atoms with E-state index in [0.717, 1.165) is 135 Å². The number of carbonyl (C=O) groups excluding carboxylic acids is 3. The lowest BCUT2D eigenvalue weighted by Crippen LogP contribution is -2.30. The molecule has 338 valence electrons. The summed E-state index contributed by atoms with van der Waals surface area (Å²) in [6, 6.07) is 0. The van der Waals surface area contributed by atoms with Gasteiger partial charge in [0.2, 0.25) is 0 Å². The highest BCUT2D eigenvalue weighted by Gasteiger charge is 2.19. The molecule has 0 bridgehead atoms. The summed E-state index contributed by atoms with van der Waals surface area (Å²) in [6.45, 7) is 6.30. The minimum absolute atomic E-state index is 0.0982. The van der Waals surface area contributed by atoms with Gasteiger partial charge in [0.1, 0.15) is 13.2 Å². The van der Waals surface area contributed by atoms with Gasteiger partial charge >= 0.3 is 17.9 Å². The van der Waals surface area contributed by atoms with Crippen LogP contribution in [0.5, 0.6) is 0 Å². The first kappa shape index (κ1) is 56.1. The second kappa shape index (κ2) is 47.7. The van der Waals surface area contributed by atoms with E-state index in [1.54, 1.807) is 0 Å². The first-order valence-electron chi connectivity index (χ1n) is 23.9. The van der Waals surface area contributed by atoms with E-state index < -0.39 is 6.10 Å². The van der Waals surface area contributed by atoms with Crippen LogP contribution in [0.4, 0.5) is 0 Å². The Balaban J connectivity index is 4.23. The molecule has 0 saturated carbocycles. The molecule has 1 unspecified atom stereocenters. The van der Waals surface area contributed by atoms with Crippen molar-refractivity contribution < 1.29 is 28.6 Å². The summed E-state index contributed by atoms with van der Waals surface area (Å²) >= 11 is 0. The molecule has 0 aliphatic rings. The van der Waals surface area contributed by atoms with E-state index in [9.17, 15) is 14.4 Å². The fraction of sp³-hybridized carbons (Fsp3) is 0.611. The van der Waals surface area contributed by atoms with E-state index in [2.05, 4.69) is 130 Å². The lowest BCUT2D eigenvalue weighted by Gasteiger charge is -2.18. The number of esters is 3. The molecule has 0 aromatic heterocycles. The molecule has 60 heavy (non-hydrogen) atoms. The van der Waals surface area contributed by atoms with E-state index in [-0.39, 0.29) is 31.1 Å². The van der Waals surface area contributed by atoms with Crippen LogP contribution in [0.2, 0.25) is 0 Å². The first-order chi connectivity index (χ1) is 29.5. The standard InChI is InChI=1S/C54H86O6/c1-4-7-10-13-15-17-19-20-21-22-23-24-25-26-27-28-29-30-31-32-33-34-35-37-38-41-44-47-53(56)59-50-51(49-58-52(55)46-43-40-12-9-6-3)60-54(57)48-45-42-39-36-18-16-14-11-8-5-2/h7,10-11,14-15,17,20-21,23-24,26-27,29-30,32-33,35,37,51H,4-6,8-9,12-13,16,18-19,22,25,28,31,34,36,38-50H2,1-3H3/b10-7-,14-11-,17-15-,21-20-,24-23-,27-26-,30-29-,33-32-,37-35-. The predicted molar refractivity (Wildman–Crippen MR) is 256 cm³/mol. The molecule has 6 nitrogen and oxygen atoms in total. The fourth-order valence-electron chi connectivity index (χ4n) is 5.93. The number of allylic oxidation sites excluding steroid dienone is 18. The van der Waals surface area contributed by atoms with Crippen LogP contribution in [-0.2, 0) is 28.6 Å². The highest BCUT2D eigenvalue weighted by atomic mass is 16.6. The van der Waals surface area contributed by atoms with Crippen LogP contribution < -0.4 is 0 Å². The topological polar surface area (TPSA) is 78.9 Å². The Hall–Kier alpha value is -3.93. The zero-order chi connectivity index (χ0) is 43.7. The van der Waals surface area contributed by atoms with Crippen molar-refractivity contribution in [1.29, 1.82) is 0 Å². The van der Waals surface area contributed by atoms with Crippen LogP contribution in [0.15, 0.2) is 109 Å². The van der Waals surface area contributed by atoms with Gasteiger partial charge in [0, 0.05) is 19.3 Å². The molecule has 0 amide bonds. The van der Waals surface area contributed by atoms with Crippen LogP contribution in [-0.4, -0.2) is 37.2 Å². The Bertz CT molecular complexity index is 1280. The van der Waals surface area contributed by atoms with E-state index in [1.807, 2.05) is 0 Å². The van der Waals surface area contributed by atoms with Gasteiger partial charge in [-0.25, -0.2) is 0 Å². The molecule has 0 aromatic rings. The van der Waals surface area contributed by atoms with Gasteiger partial charge in [0.25, 0.3) is 0 Å². The zero-order valence-electron chi connectivity index (χ0n) is 38.4. The molecule has 1 atom stereocenters. The molecular weight excluding hydrogens is 745 g/mol. The van der Waals surface area contributed by atoms with Crippen molar-refractivity contribution in [3.63, 3.8) is 0 Å². The smallest absolute Gasteiger partial charge is 0.306 e. The van der Waals surface area contributed by atoms with Gasteiger partial charge in [0.15, 0.2) is 6.10 Å². The number of hydrogen-bond donors (Lipinski definition) is 0. The van der Waals surface area contributed by atoms with Gasteiger partial charge < -0.3 is 14.2 Å². The molecule has 0 aliphatic carbocycles. The summed E-state index contributed by atoms with van der Waals surface area (Å²) in [4.78, 5) is 37.4. The van der Waals surface area contributed by atoms with Gasteiger partial charge in [-0.1, -0.05) is 182 Å². The molecule has 6 heteroatoms. The van der Waals surface area contributed by atoms with Crippen LogP contribution in [0.25, 0.3) is 0 Å². The number of rotatable bonds is 41. The molecule has 0 rings (SSSR count). The van der Waals surface area contributed by atoms with Crippen LogP contribution in [0.3, 0.4) is 0 Å². The average molecular weight is 831 g/mol. The highest BCUT2D eigenvalue weighted by Crippen LogP contribution is 2.12. The molecule has 0 heterocycles. The van der Waals surface area contributed by atoms with Crippen molar-refractivity contribution in [2.24, 2.45) is 0 Å². The Morgan fingerprint density at radius 3 is 1.13 bits per heavy atom. The maximum absolute atomic E-state index is 12.6. The van der Waals surface area contributed by atoms with Crippen LogP contribution >= 0.6 is 0 Å². The molecule has 0 N–H and O–H groups in total. The molecule has 0 aromatic carbocycles. The fourth-order valence-corrected chi connectivity index (χ4v) is 5.93. The third-order valence-corrected chi connectivity index (χ3v) is 9.49. The number of ether oxygens (including phenoxy) is 3. The zero-order valence-corrected chi connectivity index (χ0v) is 38.4. The van der Waals surface area contributed by atoms with Crippen molar-refractivity contribution in [2.45, 2.75) is 200 Å². The largest absolute Gasteiger partial charge is 0.462 e. The second-order valence-corrected chi connectivity index (χ2v) is 15.3. The Labute approximate surface area is 368 Å². The molecule has 0 fully saturated rings. The van der Waals surface area contributed by atoms with E-state index in [0.29, 0.717) is 25.7 Å². The average Bonchev–Trinajstić information content (AvgIpc) is 3.24. The number of carbonyl (C=O) groups is 3. The van der Waals surface area contributed by atoms with Crippen molar-refractivity contribution in [2.75, 3.05) is 13.2 Å². The maximum atomic E-state index is 12.6. The minimum atomic E-state index is -0.796. The van der Waals surface area contributed by atoms with Gasteiger partial charge in [0.05, 0.1) is 0 Å². The van der Waals surface area contributed by atoms with E-state index in [4.69, 9.17) is 14.2 Å². The molecular formula is C54H86O6. The maximum Gasteiger partial charge on any atom is 0.306 e. The Kier molecular flexibility index (Phi) is 44.6. The normalized spacial score (nSPS) is 13.1. The van der Waals surface area contributed by atoms with Crippen LogP contribution in [0, 0.1) is 0 Å². The van der Waals surface area contributed by atoms with Crippen LogP contribution in [0.1, 0.15) is 194 Å². The Morgan fingerprint density at radius 2 is 0.683 bits per heavy atom. The minimum Gasteiger partial charge on any atom is -0.462 e. The summed E-state index contributed by atoms with van der Waals surface area (Å²) in [5, 5.41) is 0. The summed E-state index contributed by atoms with van der Waals surface area (Å²) in [5.41, 5.74) is 0. The van der Waals surface area contributed by atoms with Crippen molar-refractivity contribution >= 4 is 17.9 Å². The summed E-state index contributed by atoms with van der Waals surface area (Å²) in [7, 11) is 0. The number of hydrogen-bond acceptors (Lipinski definition) is 6. The first-order valence-corrected chi connectivity index (χ1v) is 23.9.